The Hall–Kier alpha value is -0.770. The molecule has 0 bridgehead atoms. The van der Waals surface area contributed by atoms with Crippen LogP contribution in [-0.4, -0.2) is 25.5 Å². The molecular weight excluding hydrogens is 261 g/mol. The molecule has 0 spiro atoms. The topological polar surface area (TPSA) is 38.3 Å². The second-order valence-corrected chi connectivity index (χ2v) is 4.71. The first-order valence-corrected chi connectivity index (χ1v) is 6.20. The minimum atomic E-state index is -0.142. The Labute approximate surface area is 110 Å². The van der Waals surface area contributed by atoms with E-state index in [2.05, 4.69) is 5.32 Å². The minimum Gasteiger partial charge on any atom is -0.495 e. The molecule has 0 radical (unpaired) electrons. The maximum Gasteiger partial charge on any atom is 0.181 e. The van der Waals surface area contributed by atoms with Crippen molar-refractivity contribution in [1.82, 2.24) is 5.32 Å². The van der Waals surface area contributed by atoms with Crippen LogP contribution in [0, 0.1) is 0 Å². The Kier molecular flexibility index (Phi) is 3.92. The molecule has 1 heterocycles. The number of methoxy groups -OCH3 is 1. The molecule has 1 fully saturated rings. The lowest BCUT2D eigenvalue weighted by Crippen LogP contribution is -2.30. The Bertz CT molecular complexity index is 442. The van der Waals surface area contributed by atoms with Gasteiger partial charge in [-0.05, 0) is 31.5 Å². The molecule has 1 N–H and O–H groups in total. The van der Waals surface area contributed by atoms with E-state index in [9.17, 15) is 4.79 Å². The fourth-order valence-electron chi connectivity index (χ4n) is 1.98. The molecule has 1 unspecified atom stereocenters. The van der Waals surface area contributed by atoms with Crippen LogP contribution in [0.25, 0.3) is 0 Å². The lowest BCUT2D eigenvalue weighted by Gasteiger charge is -2.12. The molecule has 5 heteroatoms. The van der Waals surface area contributed by atoms with Crippen LogP contribution >= 0.6 is 23.2 Å². The molecule has 1 saturated heterocycles. The van der Waals surface area contributed by atoms with Gasteiger partial charge < -0.3 is 10.1 Å². The van der Waals surface area contributed by atoms with E-state index in [1.54, 1.807) is 12.1 Å². The normalized spacial score (nSPS) is 19.4. The molecular formula is C12H13Cl2NO2. The standard InChI is InChI=1S/C12H13Cl2NO2/c1-17-9-5-4-7(10(13)11(9)14)12(16)8-3-2-6-15-8/h4-5,8,15H,2-3,6H2,1H3. The number of carbonyl (C=O) groups is 1. The summed E-state index contributed by atoms with van der Waals surface area (Å²) in [6.07, 6.45) is 1.86. The average Bonchev–Trinajstić information content (AvgIpc) is 2.85. The highest BCUT2D eigenvalue weighted by Crippen LogP contribution is 2.35. The molecule has 0 saturated carbocycles. The largest absolute Gasteiger partial charge is 0.495 e. The number of ether oxygens (including phenoxy) is 1. The van der Waals surface area contributed by atoms with E-state index in [1.807, 2.05) is 0 Å². The van der Waals surface area contributed by atoms with E-state index >= 15 is 0 Å². The van der Waals surface area contributed by atoms with Crippen LogP contribution in [0.4, 0.5) is 0 Å². The van der Waals surface area contributed by atoms with Gasteiger partial charge in [0.25, 0.3) is 0 Å². The molecule has 1 aliphatic rings. The third kappa shape index (κ3) is 2.41. The smallest absolute Gasteiger partial charge is 0.181 e. The van der Waals surface area contributed by atoms with Gasteiger partial charge in [-0.1, -0.05) is 23.2 Å². The van der Waals surface area contributed by atoms with Gasteiger partial charge in [0, 0.05) is 5.56 Å². The quantitative estimate of drug-likeness (QED) is 0.861. The van der Waals surface area contributed by atoms with Crippen molar-refractivity contribution >= 4 is 29.0 Å². The maximum atomic E-state index is 12.2. The van der Waals surface area contributed by atoms with Crippen molar-refractivity contribution < 1.29 is 9.53 Å². The van der Waals surface area contributed by atoms with Gasteiger partial charge in [0.2, 0.25) is 0 Å². The highest BCUT2D eigenvalue weighted by Gasteiger charge is 2.26. The first-order chi connectivity index (χ1) is 8.15. The average molecular weight is 274 g/mol. The number of carbonyl (C=O) groups excluding carboxylic acids is 1. The number of hydrogen-bond acceptors (Lipinski definition) is 3. The second kappa shape index (κ2) is 5.25. The predicted octanol–water partition coefficient (Wildman–Crippen LogP) is 2.94. The van der Waals surface area contributed by atoms with Gasteiger partial charge in [-0.25, -0.2) is 0 Å². The van der Waals surface area contributed by atoms with Crippen LogP contribution in [-0.2, 0) is 0 Å². The number of benzene rings is 1. The lowest BCUT2D eigenvalue weighted by atomic mass is 10.0. The monoisotopic (exact) mass is 273 g/mol. The second-order valence-electron chi connectivity index (χ2n) is 3.96. The summed E-state index contributed by atoms with van der Waals surface area (Å²) >= 11 is 12.1. The van der Waals surface area contributed by atoms with Crippen LogP contribution in [0.5, 0.6) is 5.75 Å². The van der Waals surface area contributed by atoms with Gasteiger partial charge in [0.15, 0.2) is 5.78 Å². The number of hydrogen-bond donors (Lipinski definition) is 1. The molecule has 1 aliphatic heterocycles. The van der Waals surface area contributed by atoms with Gasteiger partial charge in [-0.2, -0.15) is 0 Å². The zero-order valence-electron chi connectivity index (χ0n) is 9.43. The molecule has 17 heavy (non-hydrogen) atoms. The fraction of sp³-hybridized carbons (Fsp3) is 0.417. The third-order valence-electron chi connectivity index (χ3n) is 2.91. The van der Waals surface area contributed by atoms with Crippen LogP contribution in [0.1, 0.15) is 23.2 Å². The van der Waals surface area contributed by atoms with Gasteiger partial charge >= 0.3 is 0 Å². The zero-order valence-corrected chi connectivity index (χ0v) is 10.9. The van der Waals surface area contributed by atoms with Crippen molar-refractivity contribution in [2.45, 2.75) is 18.9 Å². The summed E-state index contributed by atoms with van der Waals surface area (Å²) in [7, 11) is 1.51. The SMILES string of the molecule is COc1ccc(C(=O)C2CCCN2)c(Cl)c1Cl. The molecule has 1 atom stereocenters. The molecule has 92 valence electrons. The fourth-order valence-corrected chi connectivity index (χ4v) is 2.47. The van der Waals surface area contributed by atoms with Crippen LogP contribution in [0.15, 0.2) is 12.1 Å². The highest BCUT2D eigenvalue weighted by atomic mass is 35.5. The number of Topliss-reactive ketones (excluding diaryl/α,β-unsaturated/α-hetero) is 1. The Morgan fingerprint density at radius 2 is 2.18 bits per heavy atom. The first kappa shape index (κ1) is 12.7. The van der Waals surface area contributed by atoms with E-state index in [1.165, 1.54) is 7.11 Å². The van der Waals surface area contributed by atoms with Crippen LogP contribution in [0.3, 0.4) is 0 Å². The van der Waals surface area contributed by atoms with Gasteiger partial charge in [0.1, 0.15) is 10.8 Å². The summed E-state index contributed by atoms with van der Waals surface area (Å²) in [5.74, 6) is 0.477. The number of rotatable bonds is 3. The first-order valence-electron chi connectivity index (χ1n) is 5.44. The lowest BCUT2D eigenvalue weighted by molar-refractivity contribution is 0.0952. The highest BCUT2D eigenvalue weighted by molar-refractivity contribution is 6.44. The molecule has 0 aromatic heterocycles. The van der Waals surface area contributed by atoms with Crippen molar-refractivity contribution in [2.75, 3.05) is 13.7 Å². The van der Waals surface area contributed by atoms with Gasteiger partial charge in [-0.15, -0.1) is 0 Å². The predicted molar refractivity (Wildman–Crippen MR) is 68.4 cm³/mol. The molecule has 2 rings (SSSR count). The summed E-state index contributed by atoms with van der Waals surface area (Å²) in [6, 6.07) is 3.18. The maximum absolute atomic E-state index is 12.2. The Balaban J connectivity index is 2.32. The Morgan fingerprint density at radius 3 is 2.76 bits per heavy atom. The minimum absolute atomic E-state index is 0.00273. The zero-order chi connectivity index (χ0) is 12.4. The molecule has 1 aromatic rings. The third-order valence-corrected chi connectivity index (χ3v) is 3.77. The molecule has 3 nitrogen and oxygen atoms in total. The van der Waals surface area contributed by atoms with Crippen molar-refractivity contribution in [3.63, 3.8) is 0 Å². The van der Waals surface area contributed by atoms with E-state index in [0.717, 1.165) is 19.4 Å². The summed E-state index contributed by atoms with van der Waals surface area (Å²) in [4.78, 5) is 12.2. The summed E-state index contributed by atoms with van der Waals surface area (Å²) in [5, 5.41) is 3.71. The number of nitrogens with one attached hydrogen (secondary N) is 1. The molecule has 0 aliphatic carbocycles. The van der Waals surface area contributed by atoms with E-state index in [0.29, 0.717) is 11.3 Å². The van der Waals surface area contributed by atoms with E-state index in [4.69, 9.17) is 27.9 Å². The van der Waals surface area contributed by atoms with Crippen molar-refractivity contribution in [3.05, 3.63) is 27.7 Å². The summed E-state index contributed by atoms with van der Waals surface area (Å²) in [6.45, 7) is 0.873. The van der Waals surface area contributed by atoms with Crippen LogP contribution in [0.2, 0.25) is 10.0 Å². The Morgan fingerprint density at radius 1 is 1.41 bits per heavy atom. The number of halogens is 2. The van der Waals surface area contributed by atoms with E-state index in [-0.39, 0.29) is 21.9 Å². The summed E-state index contributed by atoms with van der Waals surface area (Å²) in [5.41, 5.74) is 0.455. The number of ketones is 1. The van der Waals surface area contributed by atoms with Crippen molar-refractivity contribution in [3.8, 4) is 5.75 Å². The van der Waals surface area contributed by atoms with Crippen LogP contribution < -0.4 is 10.1 Å². The van der Waals surface area contributed by atoms with Gasteiger partial charge in [-0.3, -0.25) is 4.79 Å². The molecule has 1 aromatic carbocycles. The van der Waals surface area contributed by atoms with Crippen molar-refractivity contribution in [2.24, 2.45) is 0 Å². The summed E-state index contributed by atoms with van der Waals surface area (Å²) < 4.78 is 5.04. The van der Waals surface area contributed by atoms with Gasteiger partial charge in [0.05, 0.1) is 18.2 Å². The van der Waals surface area contributed by atoms with Crippen molar-refractivity contribution in [1.29, 1.82) is 0 Å². The molecule has 0 amide bonds. The van der Waals surface area contributed by atoms with E-state index < -0.39 is 0 Å².